The second kappa shape index (κ2) is 6.60. The van der Waals surface area contributed by atoms with Crippen LogP contribution in [0.3, 0.4) is 0 Å². The Hall–Kier alpha value is -2.42. The topological polar surface area (TPSA) is 98.2 Å². The molecule has 2 saturated heterocycles. The van der Waals surface area contributed by atoms with E-state index in [1.807, 2.05) is 0 Å². The normalized spacial score (nSPS) is 23.6. The molecule has 0 N–H and O–H groups in total. The van der Waals surface area contributed by atoms with Gasteiger partial charge in [-0.3, -0.25) is 10.1 Å². The molecular weight excluding hydrogens is 316 g/mol. The van der Waals surface area contributed by atoms with Crippen LogP contribution in [0, 0.1) is 10.1 Å². The fraction of sp³-hybridized carbons (Fsp3) is 0.600. The Morgan fingerprint density at radius 3 is 2.83 bits per heavy atom. The van der Waals surface area contributed by atoms with Crippen molar-refractivity contribution in [1.82, 2.24) is 5.01 Å². The summed E-state index contributed by atoms with van der Waals surface area (Å²) in [7, 11) is 2.20. The predicted molar refractivity (Wildman–Crippen MR) is 84.6 cm³/mol. The fourth-order valence-corrected chi connectivity index (χ4v) is 3.28. The standard InChI is InChI=1S/C15H21N4O5/c1-19(7-3-2-4-8-19)11-13-10-17(15(20)24-13)16-9-12-5-6-14(23-12)18(21)22/h5-6,9,13H,2-4,7-8,10-11H2,1H3/q+1/b16-9+. The molecule has 9 heteroatoms. The van der Waals surface area contributed by atoms with Crippen LogP contribution in [-0.2, 0) is 4.74 Å². The van der Waals surface area contributed by atoms with Crippen molar-refractivity contribution in [2.45, 2.75) is 25.4 Å². The quantitative estimate of drug-likeness (QED) is 0.354. The molecule has 1 aromatic heterocycles. The number of likely N-dealkylation sites (N-methyl/N-ethyl adjacent to an activating group) is 1. The second-order valence-electron chi connectivity index (χ2n) is 6.58. The summed E-state index contributed by atoms with van der Waals surface area (Å²) in [6.07, 6.45) is 4.27. The van der Waals surface area contributed by atoms with Crippen LogP contribution < -0.4 is 0 Å². The lowest BCUT2D eigenvalue weighted by Gasteiger charge is -2.38. The summed E-state index contributed by atoms with van der Waals surface area (Å²) in [4.78, 5) is 21.9. The van der Waals surface area contributed by atoms with Crippen molar-refractivity contribution >= 4 is 18.2 Å². The smallest absolute Gasteiger partial charge is 0.433 e. The highest BCUT2D eigenvalue weighted by molar-refractivity contribution is 5.78. The van der Waals surface area contributed by atoms with Crippen LogP contribution in [0.1, 0.15) is 25.0 Å². The van der Waals surface area contributed by atoms with Crippen LogP contribution in [0.5, 0.6) is 0 Å². The van der Waals surface area contributed by atoms with Gasteiger partial charge in [0.05, 0.1) is 39.0 Å². The minimum absolute atomic E-state index is 0.191. The van der Waals surface area contributed by atoms with Gasteiger partial charge in [-0.15, -0.1) is 0 Å². The van der Waals surface area contributed by atoms with E-state index in [2.05, 4.69) is 12.1 Å². The molecule has 130 valence electrons. The Balaban J connectivity index is 1.58. The molecule has 0 saturated carbocycles. The molecule has 1 unspecified atom stereocenters. The number of hydrogen-bond donors (Lipinski definition) is 0. The number of cyclic esters (lactones) is 1. The molecule has 1 atom stereocenters. The summed E-state index contributed by atoms with van der Waals surface area (Å²) < 4.78 is 11.3. The maximum absolute atomic E-state index is 11.9. The highest BCUT2D eigenvalue weighted by atomic mass is 16.6. The summed E-state index contributed by atoms with van der Waals surface area (Å²) in [5, 5.41) is 15.8. The number of hydrogen-bond acceptors (Lipinski definition) is 6. The summed E-state index contributed by atoms with van der Waals surface area (Å²) in [6, 6.07) is 2.67. The van der Waals surface area contributed by atoms with Gasteiger partial charge in [0.1, 0.15) is 11.5 Å². The Kier molecular flexibility index (Phi) is 4.52. The zero-order valence-corrected chi connectivity index (χ0v) is 13.6. The molecule has 3 rings (SSSR count). The van der Waals surface area contributed by atoms with Gasteiger partial charge in [0.25, 0.3) is 0 Å². The van der Waals surface area contributed by atoms with E-state index in [0.29, 0.717) is 6.54 Å². The van der Waals surface area contributed by atoms with Gasteiger partial charge in [-0.25, -0.2) is 4.79 Å². The number of furan rings is 1. The number of nitro groups is 1. The molecule has 3 heterocycles. The summed E-state index contributed by atoms with van der Waals surface area (Å²) in [5.41, 5.74) is 0. The average molecular weight is 337 g/mol. The van der Waals surface area contributed by atoms with Crippen LogP contribution in [-0.4, -0.2) is 66.1 Å². The van der Waals surface area contributed by atoms with Crippen molar-refractivity contribution in [2.24, 2.45) is 5.10 Å². The van der Waals surface area contributed by atoms with Crippen LogP contribution in [0.15, 0.2) is 21.7 Å². The molecule has 24 heavy (non-hydrogen) atoms. The van der Waals surface area contributed by atoms with Crippen LogP contribution in [0.2, 0.25) is 0 Å². The van der Waals surface area contributed by atoms with Gasteiger partial charge in [-0.05, 0) is 25.3 Å². The third kappa shape index (κ3) is 3.73. The zero-order valence-electron chi connectivity index (χ0n) is 13.6. The van der Waals surface area contributed by atoms with Crippen molar-refractivity contribution in [1.29, 1.82) is 0 Å². The maximum Gasteiger partial charge on any atom is 0.433 e. The molecule has 1 amide bonds. The fourth-order valence-electron chi connectivity index (χ4n) is 3.28. The molecule has 0 aromatic carbocycles. The van der Waals surface area contributed by atoms with E-state index in [1.165, 1.54) is 42.6 Å². The van der Waals surface area contributed by atoms with Crippen molar-refractivity contribution in [3.8, 4) is 0 Å². The van der Waals surface area contributed by atoms with E-state index < -0.39 is 11.0 Å². The second-order valence-corrected chi connectivity index (χ2v) is 6.58. The molecule has 0 aliphatic carbocycles. The number of ether oxygens (including phenoxy) is 1. The van der Waals surface area contributed by atoms with Gasteiger partial charge in [0.15, 0.2) is 11.9 Å². The molecule has 2 fully saturated rings. The molecule has 9 nitrogen and oxygen atoms in total. The summed E-state index contributed by atoms with van der Waals surface area (Å²) >= 11 is 0. The number of quaternary nitrogens is 1. The summed E-state index contributed by atoms with van der Waals surface area (Å²) in [5.74, 6) is -0.145. The SMILES string of the molecule is C[N+]1(CC2CN(/N=C/c3ccc([N+](=O)[O-])o3)C(=O)O2)CCCCC1. The van der Waals surface area contributed by atoms with Gasteiger partial charge in [-0.2, -0.15) is 10.1 Å². The number of piperidine rings is 1. The first-order chi connectivity index (χ1) is 11.5. The van der Waals surface area contributed by atoms with Crippen molar-refractivity contribution in [3.05, 3.63) is 28.0 Å². The van der Waals surface area contributed by atoms with E-state index in [4.69, 9.17) is 9.15 Å². The third-order valence-corrected chi connectivity index (χ3v) is 4.51. The lowest BCUT2D eigenvalue weighted by Crippen LogP contribution is -2.52. The van der Waals surface area contributed by atoms with Gasteiger partial charge in [0.2, 0.25) is 0 Å². The molecule has 2 aliphatic heterocycles. The Labute approximate surface area is 139 Å². The van der Waals surface area contributed by atoms with E-state index in [0.717, 1.165) is 24.1 Å². The van der Waals surface area contributed by atoms with E-state index in [9.17, 15) is 14.9 Å². The Morgan fingerprint density at radius 1 is 1.42 bits per heavy atom. The number of nitrogens with zero attached hydrogens (tertiary/aromatic N) is 4. The molecule has 1 aromatic rings. The number of carbonyl (C=O) groups excluding carboxylic acids is 1. The molecule has 0 radical (unpaired) electrons. The molecular formula is C15H21N4O5+. The lowest BCUT2D eigenvalue weighted by atomic mass is 10.1. The Bertz CT molecular complexity index is 650. The number of likely N-dealkylation sites (tertiary alicyclic amines) is 1. The zero-order chi connectivity index (χ0) is 17.2. The number of hydrazone groups is 1. The van der Waals surface area contributed by atoms with Crippen molar-refractivity contribution in [2.75, 3.05) is 33.2 Å². The van der Waals surface area contributed by atoms with E-state index in [1.54, 1.807) is 0 Å². The largest absolute Gasteiger partial charge is 0.437 e. The van der Waals surface area contributed by atoms with Crippen molar-refractivity contribution < 1.29 is 23.4 Å². The minimum Gasteiger partial charge on any atom is -0.437 e. The number of carbonyl (C=O) groups is 1. The highest BCUT2D eigenvalue weighted by Gasteiger charge is 2.37. The average Bonchev–Trinajstić information content (AvgIpc) is 3.12. The molecule has 0 spiro atoms. The molecule has 0 bridgehead atoms. The van der Waals surface area contributed by atoms with Crippen LogP contribution in [0.4, 0.5) is 10.7 Å². The predicted octanol–water partition coefficient (Wildman–Crippen LogP) is 1.97. The van der Waals surface area contributed by atoms with Crippen LogP contribution in [0.25, 0.3) is 0 Å². The highest BCUT2D eigenvalue weighted by Crippen LogP contribution is 2.21. The maximum atomic E-state index is 11.9. The first-order valence-corrected chi connectivity index (χ1v) is 8.05. The Morgan fingerprint density at radius 2 is 2.17 bits per heavy atom. The monoisotopic (exact) mass is 337 g/mol. The van der Waals surface area contributed by atoms with Crippen LogP contribution >= 0.6 is 0 Å². The van der Waals surface area contributed by atoms with Gasteiger partial charge >= 0.3 is 12.0 Å². The first kappa shape index (κ1) is 16.4. The molecule has 2 aliphatic rings. The first-order valence-electron chi connectivity index (χ1n) is 8.05. The van der Waals surface area contributed by atoms with Gasteiger partial charge in [0, 0.05) is 0 Å². The van der Waals surface area contributed by atoms with E-state index in [-0.39, 0.29) is 17.7 Å². The lowest BCUT2D eigenvalue weighted by molar-refractivity contribution is -0.916. The summed E-state index contributed by atoms with van der Waals surface area (Å²) in [6.45, 7) is 3.37. The van der Waals surface area contributed by atoms with Gasteiger partial charge in [-0.1, -0.05) is 0 Å². The van der Waals surface area contributed by atoms with Crippen molar-refractivity contribution in [3.63, 3.8) is 0 Å². The number of rotatable bonds is 5. The van der Waals surface area contributed by atoms with Gasteiger partial charge < -0.3 is 13.6 Å². The number of amides is 1. The van der Waals surface area contributed by atoms with E-state index >= 15 is 0 Å². The minimum atomic E-state index is -0.625. The third-order valence-electron chi connectivity index (χ3n) is 4.51.